The van der Waals surface area contributed by atoms with E-state index in [0.29, 0.717) is 18.8 Å². The summed E-state index contributed by atoms with van der Waals surface area (Å²) in [5.41, 5.74) is -0.104. The number of furan rings is 1. The molecule has 0 spiro atoms. The molecule has 1 aliphatic heterocycles. The SMILES string of the molecule is CN(CC1CCCO1)C(=O)c1ccc(Cn2ccccc2=O)o1. The number of nitrogens with zero attached hydrogens (tertiary/aromatic N) is 2. The van der Waals surface area contributed by atoms with Crippen molar-refractivity contribution in [1.82, 2.24) is 9.47 Å². The van der Waals surface area contributed by atoms with Crippen molar-refractivity contribution in [2.24, 2.45) is 0 Å². The van der Waals surface area contributed by atoms with Crippen molar-refractivity contribution in [3.8, 4) is 0 Å². The Morgan fingerprint density at radius 1 is 1.35 bits per heavy atom. The van der Waals surface area contributed by atoms with Gasteiger partial charge in [-0.15, -0.1) is 0 Å². The lowest BCUT2D eigenvalue weighted by Crippen LogP contribution is -2.33. The summed E-state index contributed by atoms with van der Waals surface area (Å²) >= 11 is 0. The highest BCUT2D eigenvalue weighted by Crippen LogP contribution is 2.15. The Morgan fingerprint density at radius 3 is 2.96 bits per heavy atom. The molecule has 122 valence electrons. The van der Waals surface area contributed by atoms with E-state index in [2.05, 4.69) is 0 Å². The van der Waals surface area contributed by atoms with Gasteiger partial charge in [-0.05, 0) is 31.0 Å². The predicted octanol–water partition coefficient (Wildman–Crippen LogP) is 1.74. The van der Waals surface area contributed by atoms with Crippen molar-refractivity contribution in [3.63, 3.8) is 0 Å². The molecule has 2 aromatic rings. The summed E-state index contributed by atoms with van der Waals surface area (Å²) in [6, 6.07) is 8.34. The Hall–Kier alpha value is -2.34. The number of carbonyl (C=O) groups excluding carboxylic acids is 1. The standard InChI is InChI=1S/C17H20N2O4/c1-18(11-13-5-4-10-22-13)17(21)15-8-7-14(23-15)12-19-9-3-2-6-16(19)20/h2-3,6-9,13H,4-5,10-12H2,1H3. The second-order valence-electron chi connectivity index (χ2n) is 5.75. The van der Waals surface area contributed by atoms with Crippen molar-refractivity contribution in [3.05, 3.63) is 58.4 Å². The minimum Gasteiger partial charge on any atom is -0.454 e. The number of aromatic nitrogens is 1. The molecule has 2 aromatic heterocycles. The molecule has 0 aromatic carbocycles. The third-order valence-electron chi connectivity index (χ3n) is 3.95. The van der Waals surface area contributed by atoms with Gasteiger partial charge in [0.05, 0.1) is 12.6 Å². The van der Waals surface area contributed by atoms with Crippen LogP contribution in [0.15, 0.2) is 45.7 Å². The number of carbonyl (C=O) groups is 1. The molecule has 3 heterocycles. The van der Waals surface area contributed by atoms with E-state index in [-0.39, 0.29) is 23.3 Å². The fourth-order valence-electron chi connectivity index (χ4n) is 2.70. The molecule has 0 aliphatic carbocycles. The van der Waals surface area contributed by atoms with E-state index in [1.165, 1.54) is 10.6 Å². The fourth-order valence-corrected chi connectivity index (χ4v) is 2.70. The average Bonchev–Trinajstić information content (AvgIpc) is 3.20. The van der Waals surface area contributed by atoms with E-state index in [0.717, 1.165) is 19.4 Å². The molecule has 1 saturated heterocycles. The molecule has 1 aliphatic rings. The van der Waals surface area contributed by atoms with Crippen molar-refractivity contribution >= 4 is 5.91 Å². The molecular weight excluding hydrogens is 296 g/mol. The molecule has 1 atom stereocenters. The molecule has 23 heavy (non-hydrogen) atoms. The number of hydrogen-bond donors (Lipinski definition) is 0. The molecule has 1 unspecified atom stereocenters. The smallest absolute Gasteiger partial charge is 0.289 e. The molecule has 0 saturated carbocycles. The highest BCUT2D eigenvalue weighted by atomic mass is 16.5. The van der Waals surface area contributed by atoms with Crippen LogP contribution in [0.4, 0.5) is 0 Å². The fraction of sp³-hybridized carbons (Fsp3) is 0.412. The number of likely N-dealkylation sites (N-methyl/N-ethyl adjacent to an activating group) is 1. The predicted molar refractivity (Wildman–Crippen MR) is 84.4 cm³/mol. The van der Waals surface area contributed by atoms with Crippen LogP contribution in [0.3, 0.4) is 0 Å². The highest BCUT2D eigenvalue weighted by molar-refractivity contribution is 5.91. The van der Waals surface area contributed by atoms with Crippen LogP contribution in [0, 0.1) is 0 Å². The number of rotatable bonds is 5. The molecule has 0 N–H and O–H groups in total. The molecule has 1 amide bonds. The zero-order chi connectivity index (χ0) is 16.2. The topological polar surface area (TPSA) is 64.7 Å². The molecular formula is C17H20N2O4. The van der Waals surface area contributed by atoms with Crippen LogP contribution in [-0.2, 0) is 11.3 Å². The van der Waals surface area contributed by atoms with Crippen molar-refractivity contribution in [1.29, 1.82) is 0 Å². The minimum absolute atomic E-state index is 0.104. The van der Waals surface area contributed by atoms with Gasteiger partial charge in [-0.3, -0.25) is 9.59 Å². The Morgan fingerprint density at radius 2 is 2.22 bits per heavy atom. The van der Waals surface area contributed by atoms with Crippen LogP contribution in [0.5, 0.6) is 0 Å². The molecule has 6 heteroatoms. The van der Waals surface area contributed by atoms with E-state index in [9.17, 15) is 9.59 Å². The molecule has 1 fully saturated rings. The summed E-state index contributed by atoms with van der Waals surface area (Å²) in [5.74, 6) is 0.684. The van der Waals surface area contributed by atoms with Gasteiger partial charge in [0, 0.05) is 32.5 Å². The number of amides is 1. The molecule has 6 nitrogen and oxygen atoms in total. The first-order valence-electron chi connectivity index (χ1n) is 7.75. The summed E-state index contributed by atoms with van der Waals surface area (Å²) in [4.78, 5) is 25.7. The van der Waals surface area contributed by atoms with Crippen LogP contribution in [0.25, 0.3) is 0 Å². The lowest BCUT2D eigenvalue weighted by atomic mass is 10.2. The maximum Gasteiger partial charge on any atom is 0.289 e. The van der Waals surface area contributed by atoms with E-state index < -0.39 is 0 Å². The first kappa shape index (κ1) is 15.6. The first-order valence-corrected chi connectivity index (χ1v) is 7.75. The van der Waals surface area contributed by atoms with Crippen molar-refractivity contribution < 1.29 is 13.9 Å². The molecule has 0 bridgehead atoms. The molecule has 0 radical (unpaired) electrons. The van der Waals surface area contributed by atoms with Gasteiger partial charge in [-0.1, -0.05) is 6.07 Å². The number of hydrogen-bond acceptors (Lipinski definition) is 4. The van der Waals surface area contributed by atoms with Gasteiger partial charge in [0.2, 0.25) is 0 Å². The van der Waals surface area contributed by atoms with Gasteiger partial charge in [0.25, 0.3) is 11.5 Å². The second kappa shape index (κ2) is 6.83. The summed E-state index contributed by atoms with van der Waals surface area (Å²) in [6.07, 6.45) is 3.83. The average molecular weight is 316 g/mol. The Kier molecular flexibility index (Phi) is 4.62. The van der Waals surface area contributed by atoms with Crippen LogP contribution < -0.4 is 5.56 Å². The second-order valence-corrected chi connectivity index (χ2v) is 5.75. The molecule has 3 rings (SSSR count). The van der Waals surface area contributed by atoms with Crippen LogP contribution >= 0.6 is 0 Å². The maximum absolute atomic E-state index is 12.4. The van der Waals surface area contributed by atoms with Gasteiger partial charge in [-0.25, -0.2) is 0 Å². The van der Waals surface area contributed by atoms with Gasteiger partial charge >= 0.3 is 0 Å². The summed E-state index contributed by atoms with van der Waals surface area (Å²) in [5, 5.41) is 0. The quantitative estimate of drug-likeness (QED) is 0.843. The van der Waals surface area contributed by atoms with Crippen LogP contribution in [0.1, 0.15) is 29.2 Å². The van der Waals surface area contributed by atoms with Gasteiger partial charge in [-0.2, -0.15) is 0 Å². The van der Waals surface area contributed by atoms with E-state index in [1.807, 2.05) is 0 Å². The Bertz CT molecular complexity index is 728. The normalized spacial score (nSPS) is 17.3. The lowest BCUT2D eigenvalue weighted by Gasteiger charge is -2.19. The minimum atomic E-state index is -0.174. The monoisotopic (exact) mass is 316 g/mol. The first-order chi connectivity index (χ1) is 11.1. The zero-order valence-corrected chi connectivity index (χ0v) is 13.1. The zero-order valence-electron chi connectivity index (χ0n) is 13.1. The van der Waals surface area contributed by atoms with E-state index in [1.54, 1.807) is 42.4 Å². The van der Waals surface area contributed by atoms with Crippen LogP contribution in [-0.4, -0.2) is 41.7 Å². The van der Waals surface area contributed by atoms with Crippen molar-refractivity contribution in [2.75, 3.05) is 20.2 Å². The Labute approximate surface area is 134 Å². The summed E-state index contributed by atoms with van der Waals surface area (Å²) in [7, 11) is 1.74. The van der Waals surface area contributed by atoms with Crippen molar-refractivity contribution in [2.45, 2.75) is 25.5 Å². The third-order valence-corrected chi connectivity index (χ3v) is 3.95. The highest BCUT2D eigenvalue weighted by Gasteiger charge is 2.22. The lowest BCUT2D eigenvalue weighted by molar-refractivity contribution is 0.0562. The van der Waals surface area contributed by atoms with Crippen LogP contribution in [0.2, 0.25) is 0 Å². The van der Waals surface area contributed by atoms with Gasteiger partial charge < -0.3 is 18.6 Å². The maximum atomic E-state index is 12.4. The summed E-state index contributed by atoms with van der Waals surface area (Å²) < 4.78 is 12.7. The van der Waals surface area contributed by atoms with E-state index >= 15 is 0 Å². The third kappa shape index (κ3) is 3.71. The largest absolute Gasteiger partial charge is 0.454 e. The number of ether oxygens (including phenoxy) is 1. The van der Waals surface area contributed by atoms with Gasteiger partial charge in [0.15, 0.2) is 5.76 Å². The van der Waals surface area contributed by atoms with Gasteiger partial charge in [0.1, 0.15) is 5.76 Å². The number of pyridine rings is 1. The van der Waals surface area contributed by atoms with E-state index in [4.69, 9.17) is 9.15 Å². The Balaban J connectivity index is 1.65. The summed E-state index contributed by atoms with van der Waals surface area (Å²) in [6.45, 7) is 1.64.